The van der Waals surface area contributed by atoms with E-state index in [2.05, 4.69) is 10.3 Å². The Morgan fingerprint density at radius 2 is 2.16 bits per heavy atom. The van der Waals surface area contributed by atoms with E-state index in [1.165, 1.54) is 31.8 Å². The molecule has 6 nitrogen and oxygen atoms in total. The van der Waals surface area contributed by atoms with Gasteiger partial charge in [-0.15, -0.1) is 0 Å². The maximum Gasteiger partial charge on any atom is 0.356 e. The molecule has 2 aliphatic carbocycles. The van der Waals surface area contributed by atoms with E-state index in [1.807, 2.05) is 0 Å². The highest BCUT2D eigenvalue weighted by atomic mass is 16.4. The first-order valence-corrected chi connectivity index (χ1v) is 6.69. The molecule has 2 fully saturated rings. The van der Waals surface area contributed by atoms with Crippen molar-refractivity contribution in [3.8, 4) is 0 Å². The molecule has 0 aromatic carbocycles. The lowest BCUT2D eigenvalue weighted by atomic mass is 10.1. The van der Waals surface area contributed by atoms with Crippen LogP contribution in [-0.4, -0.2) is 33.1 Å². The molecule has 1 aromatic rings. The molecular formula is C13H17N3O3. The summed E-state index contributed by atoms with van der Waals surface area (Å²) in [5.74, 6) is 0.631. The fourth-order valence-electron chi connectivity index (χ4n) is 3.23. The molecule has 2 atom stereocenters. The third-order valence-corrected chi connectivity index (χ3v) is 4.23. The first-order valence-electron chi connectivity index (χ1n) is 6.69. The van der Waals surface area contributed by atoms with Crippen molar-refractivity contribution in [1.82, 2.24) is 14.9 Å². The van der Waals surface area contributed by atoms with Crippen molar-refractivity contribution in [2.24, 2.45) is 17.8 Å². The zero-order chi connectivity index (χ0) is 13.4. The van der Waals surface area contributed by atoms with Gasteiger partial charge < -0.3 is 15.0 Å². The maximum atomic E-state index is 11.9. The second-order valence-electron chi connectivity index (χ2n) is 5.38. The second-order valence-corrected chi connectivity index (χ2v) is 5.38. The van der Waals surface area contributed by atoms with Gasteiger partial charge in [-0.05, 0) is 24.7 Å². The van der Waals surface area contributed by atoms with Crippen LogP contribution >= 0.6 is 0 Å². The van der Waals surface area contributed by atoms with Crippen LogP contribution < -0.4 is 5.32 Å². The van der Waals surface area contributed by atoms with Gasteiger partial charge in [0.25, 0.3) is 0 Å². The van der Waals surface area contributed by atoms with Crippen molar-refractivity contribution in [2.45, 2.75) is 25.8 Å². The van der Waals surface area contributed by atoms with Crippen LogP contribution in [-0.2, 0) is 11.3 Å². The molecule has 0 bridgehead atoms. The number of rotatable bonds is 5. The lowest BCUT2D eigenvalue weighted by Gasteiger charge is -2.06. The zero-order valence-corrected chi connectivity index (χ0v) is 10.6. The van der Waals surface area contributed by atoms with Crippen molar-refractivity contribution in [1.29, 1.82) is 0 Å². The van der Waals surface area contributed by atoms with E-state index in [9.17, 15) is 9.59 Å². The molecule has 0 radical (unpaired) electrons. The average Bonchev–Trinajstić information content (AvgIpc) is 2.80. The van der Waals surface area contributed by atoms with E-state index in [1.54, 1.807) is 4.57 Å². The van der Waals surface area contributed by atoms with Crippen molar-refractivity contribution in [3.05, 3.63) is 18.2 Å². The lowest BCUT2D eigenvalue weighted by molar-refractivity contribution is -0.123. The third-order valence-electron chi connectivity index (χ3n) is 4.23. The minimum Gasteiger partial charge on any atom is -0.476 e. The fourth-order valence-corrected chi connectivity index (χ4v) is 3.23. The number of carboxylic acids is 1. The molecule has 3 rings (SSSR count). The lowest BCUT2D eigenvalue weighted by Crippen LogP contribution is -2.29. The summed E-state index contributed by atoms with van der Waals surface area (Å²) in [6.45, 7) is 1.07. The Morgan fingerprint density at radius 1 is 1.42 bits per heavy atom. The van der Waals surface area contributed by atoms with Gasteiger partial charge in [0.2, 0.25) is 5.91 Å². The number of imidazole rings is 1. The van der Waals surface area contributed by atoms with Crippen LogP contribution in [0.4, 0.5) is 0 Å². The smallest absolute Gasteiger partial charge is 0.356 e. The molecule has 6 heteroatoms. The van der Waals surface area contributed by atoms with Gasteiger partial charge in [0.05, 0.1) is 6.33 Å². The number of hydrogen-bond donors (Lipinski definition) is 2. The number of carboxylic acid groups (broad SMARTS) is 1. The van der Waals surface area contributed by atoms with Gasteiger partial charge in [0, 0.05) is 25.2 Å². The summed E-state index contributed by atoms with van der Waals surface area (Å²) in [5, 5.41) is 11.7. The Balaban J connectivity index is 1.43. The monoisotopic (exact) mass is 263 g/mol. The van der Waals surface area contributed by atoms with Gasteiger partial charge in [-0.2, -0.15) is 0 Å². The average molecular weight is 263 g/mol. The van der Waals surface area contributed by atoms with E-state index in [0.717, 1.165) is 0 Å². The topological polar surface area (TPSA) is 84.2 Å². The van der Waals surface area contributed by atoms with Gasteiger partial charge in [-0.1, -0.05) is 6.42 Å². The van der Waals surface area contributed by atoms with Crippen LogP contribution in [0.2, 0.25) is 0 Å². The predicted molar refractivity (Wildman–Crippen MR) is 66.5 cm³/mol. The van der Waals surface area contributed by atoms with Gasteiger partial charge in [0.1, 0.15) is 0 Å². The molecule has 2 unspecified atom stereocenters. The molecule has 0 aliphatic heterocycles. The van der Waals surface area contributed by atoms with Gasteiger partial charge >= 0.3 is 5.97 Å². The number of nitrogens with zero attached hydrogens (tertiary/aromatic N) is 2. The predicted octanol–water partition coefficient (Wildman–Crippen LogP) is 0.744. The summed E-state index contributed by atoms with van der Waals surface area (Å²) in [6.07, 6.45) is 6.62. The number of carbonyl (C=O) groups is 2. The molecule has 19 heavy (non-hydrogen) atoms. The van der Waals surface area contributed by atoms with Crippen molar-refractivity contribution in [3.63, 3.8) is 0 Å². The van der Waals surface area contributed by atoms with Crippen molar-refractivity contribution < 1.29 is 14.7 Å². The summed E-state index contributed by atoms with van der Waals surface area (Å²) < 4.78 is 1.68. The summed E-state index contributed by atoms with van der Waals surface area (Å²) in [4.78, 5) is 26.3. The molecule has 1 heterocycles. The van der Waals surface area contributed by atoms with Crippen molar-refractivity contribution in [2.75, 3.05) is 6.54 Å². The number of amides is 1. The summed E-state index contributed by atoms with van der Waals surface area (Å²) in [7, 11) is 0. The molecule has 1 aromatic heterocycles. The van der Waals surface area contributed by atoms with Crippen LogP contribution in [0.15, 0.2) is 12.5 Å². The minimum absolute atomic E-state index is 0.0306. The number of aromatic carboxylic acids is 1. The third kappa shape index (κ3) is 2.34. The van der Waals surface area contributed by atoms with Crippen LogP contribution in [0, 0.1) is 17.8 Å². The number of carbonyl (C=O) groups excluding carboxylic acids is 1. The number of aromatic nitrogens is 2. The number of fused-ring (bicyclic) bond motifs is 1. The fraction of sp³-hybridized carbons (Fsp3) is 0.615. The molecule has 2 saturated carbocycles. The first kappa shape index (κ1) is 12.2. The highest BCUT2D eigenvalue weighted by molar-refractivity contribution is 5.85. The van der Waals surface area contributed by atoms with E-state index in [-0.39, 0.29) is 17.5 Å². The van der Waals surface area contributed by atoms with E-state index >= 15 is 0 Å². The molecule has 0 spiro atoms. The van der Waals surface area contributed by atoms with Gasteiger partial charge in [-0.25, -0.2) is 9.78 Å². The van der Waals surface area contributed by atoms with E-state index < -0.39 is 5.97 Å². The maximum absolute atomic E-state index is 11.9. The Kier molecular flexibility index (Phi) is 3.00. The van der Waals surface area contributed by atoms with Gasteiger partial charge in [-0.3, -0.25) is 4.79 Å². The normalized spacial score (nSPS) is 27.9. The molecular weight excluding hydrogens is 246 g/mol. The Morgan fingerprint density at radius 3 is 2.79 bits per heavy atom. The summed E-state index contributed by atoms with van der Waals surface area (Å²) >= 11 is 0. The number of hydrogen-bond acceptors (Lipinski definition) is 3. The van der Waals surface area contributed by atoms with E-state index in [0.29, 0.717) is 24.9 Å². The van der Waals surface area contributed by atoms with Crippen LogP contribution in [0.25, 0.3) is 0 Å². The minimum atomic E-state index is -1.03. The van der Waals surface area contributed by atoms with Crippen molar-refractivity contribution >= 4 is 11.9 Å². The quantitative estimate of drug-likeness (QED) is 0.820. The standard InChI is InChI=1S/C13H17N3O3/c17-12(11-8-2-1-3-9(8)11)14-4-5-16-6-10(13(18)19)15-7-16/h6-9,11H,1-5H2,(H,14,17)(H,18,19). The first-order chi connectivity index (χ1) is 9.16. The van der Waals surface area contributed by atoms with E-state index in [4.69, 9.17) is 5.11 Å². The Labute approximate surface area is 110 Å². The highest BCUT2D eigenvalue weighted by Crippen LogP contribution is 2.57. The SMILES string of the molecule is O=C(O)c1cn(CCNC(=O)C2C3CCCC32)cn1. The molecule has 2 aliphatic rings. The molecule has 102 valence electrons. The Bertz CT molecular complexity index is 501. The molecule has 0 saturated heterocycles. The van der Waals surface area contributed by atoms with Crippen LogP contribution in [0.1, 0.15) is 29.8 Å². The highest BCUT2D eigenvalue weighted by Gasteiger charge is 2.56. The van der Waals surface area contributed by atoms with Crippen LogP contribution in [0.3, 0.4) is 0 Å². The summed E-state index contributed by atoms with van der Waals surface area (Å²) in [6, 6.07) is 0. The zero-order valence-electron chi connectivity index (χ0n) is 10.6. The molecule has 1 amide bonds. The summed E-state index contributed by atoms with van der Waals surface area (Å²) in [5.41, 5.74) is 0.0306. The Hall–Kier alpha value is -1.85. The second kappa shape index (κ2) is 4.68. The van der Waals surface area contributed by atoms with Crippen LogP contribution in [0.5, 0.6) is 0 Å². The van der Waals surface area contributed by atoms with Gasteiger partial charge in [0.15, 0.2) is 5.69 Å². The largest absolute Gasteiger partial charge is 0.476 e. The number of nitrogens with one attached hydrogen (secondary N) is 1. The molecule has 2 N–H and O–H groups in total.